The molecule has 2 aliphatic rings. The van der Waals surface area contributed by atoms with Gasteiger partial charge < -0.3 is 10.2 Å². The first-order valence-corrected chi connectivity index (χ1v) is 7.28. The molecule has 0 bridgehead atoms. The van der Waals surface area contributed by atoms with Gasteiger partial charge in [-0.3, -0.25) is 0 Å². The molecule has 0 spiro atoms. The zero-order valence-corrected chi connectivity index (χ0v) is 11.5. The summed E-state index contributed by atoms with van der Waals surface area (Å²) in [6.07, 6.45) is 4.06. The lowest BCUT2D eigenvalue weighted by atomic mass is 9.93. The molecule has 1 heterocycles. The molecule has 0 aromatic heterocycles. The third-order valence-electron chi connectivity index (χ3n) is 4.41. The van der Waals surface area contributed by atoms with Crippen molar-refractivity contribution in [3.63, 3.8) is 0 Å². The minimum absolute atomic E-state index is 0.670. The number of hydrogen-bond donors (Lipinski definition) is 1. The summed E-state index contributed by atoms with van der Waals surface area (Å²) in [5.41, 5.74) is 3.00. The molecule has 3 rings (SSSR count). The van der Waals surface area contributed by atoms with Gasteiger partial charge in [-0.1, -0.05) is 25.1 Å². The molecule has 1 aliphatic carbocycles. The van der Waals surface area contributed by atoms with Gasteiger partial charge in [-0.15, -0.1) is 0 Å². The zero-order valence-electron chi connectivity index (χ0n) is 11.5. The van der Waals surface area contributed by atoms with Crippen LogP contribution in [0.4, 0.5) is 5.69 Å². The first kappa shape index (κ1) is 12.0. The average molecular weight is 244 g/mol. The predicted molar refractivity (Wildman–Crippen MR) is 77.1 cm³/mol. The van der Waals surface area contributed by atoms with Gasteiger partial charge in [0.15, 0.2) is 0 Å². The van der Waals surface area contributed by atoms with E-state index in [0.29, 0.717) is 6.04 Å². The smallest absolute Gasteiger partial charge is 0.0399 e. The SMILES string of the molecule is CNC(CN1CC(C)Cc2ccccc21)C1CC1. The Morgan fingerprint density at radius 2 is 2.11 bits per heavy atom. The van der Waals surface area contributed by atoms with E-state index in [1.165, 1.54) is 43.6 Å². The molecule has 1 aromatic carbocycles. The highest BCUT2D eigenvalue weighted by Gasteiger charge is 2.32. The first-order valence-electron chi connectivity index (χ1n) is 7.28. The van der Waals surface area contributed by atoms with Crippen LogP contribution in [0.25, 0.3) is 0 Å². The summed E-state index contributed by atoms with van der Waals surface area (Å²) in [6.45, 7) is 4.75. The van der Waals surface area contributed by atoms with Gasteiger partial charge >= 0.3 is 0 Å². The van der Waals surface area contributed by atoms with Crippen LogP contribution in [0, 0.1) is 11.8 Å². The molecule has 1 N–H and O–H groups in total. The van der Waals surface area contributed by atoms with Crippen LogP contribution in [-0.4, -0.2) is 26.2 Å². The molecule has 2 heteroatoms. The fourth-order valence-corrected chi connectivity index (χ4v) is 3.29. The van der Waals surface area contributed by atoms with Gasteiger partial charge in [-0.05, 0) is 49.8 Å². The normalized spacial score (nSPS) is 24.8. The van der Waals surface area contributed by atoms with Crippen molar-refractivity contribution in [3.05, 3.63) is 29.8 Å². The molecule has 2 nitrogen and oxygen atoms in total. The van der Waals surface area contributed by atoms with Crippen LogP contribution in [0.1, 0.15) is 25.3 Å². The van der Waals surface area contributed by atoms with Gasteiger partial charge in [-0.2, -0.15) is 0 Å². The van der Waals surface area contributed by atoms with E-state index in [4.69, 9.17) is 0 Å². The van der Waals surface area contributed by atoms with Crippen molar-refractivity contribution in [2.24, 2.45) is 11.8 Å². The lowest BCUT2D eigenvalue weighted by Crippen LogP contribution is -2.44. The van der Waals surface area contributed by atoms with Crippen LogP contribution in [0.2, 0.25) is 0 Å². The Labute approximate surface area is 110 Å². The van der Waals surface area contributed by atoms with Crippen LogP contribution in [0.15, 0.2) is 24.3 Å². The Bertz CT molecular complexity index is 411. The van der Waals surface area contributed by atoms with Crippen molar-refractivity contribution in [2.75, 3.05) is 25.0 Å². The highest BCUT2D eigenvalue weighted by Crippen LogP contribution is 2.35. The molecule has 98 valence electrons. The van der Waals surface area contributed by atoms with Gasteiger partial charge in [0, 0.05) is 24.8 Å². The maximum atomic E-state index is 3.52. The molecule has 0 saturated heterocycles. The van der Waals surface area contributed by atoms with E-state index in [-0.39, 0.29) is 0 Å². The van der Waals surface area contributed by atoms with Crippen molar-refractivity contribution in [2.45, 2.75) is 32.2 Å². The Morgan fingerprint density at radius 1 is 1.33 bits per heavy atom. The maximum Gasteiger partial charge on any atom is 0.0399 e. The second-order valence-corrected chi connectivity index (χ2v) is 6.08. The van der Waals surface area contributed by atoms with Crippen LogP contribution in [0.3, 0.4) is 0 Å². The van der Waals surface area contributed by atoms with Crippen molar-refractivity contribution in [1.29, 1.82) is 0 Å². The Hall–Kier alpha value is -1.02. The second kappa shape index (κ2) is 4.93. The summed E-state index contributed by atoms with van der Waals surface area (Å²) in [5, 5.41) is 3.52. The van der Waals surface area contributed by atoms with E-state index in [0.717, 1.165) is 11.8 Å². The lowest BCUT2D eigenvalue weighted by molar-refractivity contribution is 0.457. The summed E-state index contributed by atoms with van der Waals surface area (Å²) >= 11 is 0. The second-order valence-electron chi connectivity index (χ2n) is 6.08. The summed E-state index contributed by atoms with van der Waals surface area (Å²) in [5.74, 6) is 1.69. The molecule has 1 aliphatic heterocycles. The molecule has 18 heavy (non-hydrogen) atoms. The van der Waals surface area contributed by atoms with Crippen LogP contribution >= 0.6 is 0 Å². The number of nitrogens with zero attached hydrogens (tertiary/aromatic N) is 1. The molecule has 1 aromatic rings. The van der Waals surface area contributed by atoms with Gasteiger partial charge in [0.05, 0.1) is 0 Å². The number of nitrogens with one attached hydrogen (secondary N) is 1. The molecule has 2 unspecified atom stereocenters. The third-order valence-corrected chi connectivity index (χ3v) is 4.41. The number of hydrogen-bond acceptors (Lipinski definition) is 2. The first-order chi connectivity index (χ1) is 8.78. The quantitative estimate of drug-likeness (QED) is 0.876. The fraction of sp³-hybridized carbons (Fsp3) is 0.625. The van der Waals surface area contributed by atoms with E-state index in [2.05, 4.69) is 48.5 Å². The molecular weight excluding hydrogens is 220 g/mol. The molecule has 1 saturated carbocycles. The standard InChI is InChI=1S/C16H24N2/c1-12-9-14-5-3-4-6-16(14)18(10-12)11-15(17-2)13-7-8-13/h3-6,12-13,15,17H,7-11H2,1-2H3. The molecule has 0 amide bonds. The van der Waals surface area contributed by atoms with E-state index in [1.54, 1.807) is 0 Å². The van der Waals surface area contributed by atoms with E-state index in [1.807, 2.05) is 0 Å². The van der Waals surface area contributed by atoms with Gasteiger partial charge in [-0.25, -0.2) is 0 Å². The van der Waals surface area contributed by atoms with Crippen LogP contribution in [-0.2, 0) is 6.42 Å². The number of fused-ring (bicyclic) bond motifs is 1. The van der Waals surface area contributed by atoms with Crippen molar-refractivity contribution >= 4 is 5.69 Å². The minimum Gasteiger partial charge on any atom is -0.369 e. The summed E-state index contributed by atoms with van der Waals surface area (Å²) in [7, 11) is 2.11. The minimum atomic E-state index is 0.670. The number of para-hydroxylation sites is 1. The van der Waals surface area contributed by atoms with Crippen LogP contribution < -0.4 is 10.2 Å². The fourth-order valence-electron chi connectivity index (χ4n) is 3.29. The van der Waals surface area contributed by atoms with E-state index >= 15 is 0 Å². The van der Waals surface area contributed by atoms with Crippen molar-refractivity contribution < 1.29 is 0 Å². The largest absolute Gasteiger partial charge is 0.369 e. The van der Waals surface area contributed by atoms with Gasteiger partial charge in [0.1, 0.15) is 0 Å². The molecule has 0 radical (unpaired) electrons. The van der Waals surface area contributed by atoms with E-state index < -0.39 is 0 Å². The van der Waals surface area contributed by atoms with E-state index in [9.17, 15) is 0 Å². The lowest BCUT2D eigenvalue weighted by Gasteiger charge is -2.37. The Kier molecular flexibility index (Phi) is 3.29. The topological polar surface area (TPSA) is 15.3 Å². The van der Waals surface area contributed by atoms with Crippen molar-refractivity contribution in [1.82, 2.24) is 5.32 Å². The highest BCUT2D eigenvalue weighted by atomic mass is 15.2. The summed E-state index contributed by atoms with van der Waals surface area (Å²) in [4.78, 5) is 2.60. The number of benzene rings is 1. The van der Waals surface area contributed by atoms with Gasteiger partial charge in [0.2, 0.25) is 0 Å². The number of likely N-dealkylation sites (N-methyl/N-ethyl adjacent to an activating group) is 1. The summed E-state index contributed by atoms with van der Waals surface area (Å²) in [6, 6.07) is 9.60. The Morgan fingerprint density at radius 3 is 2.83 bits per heavy atom. The number of rotatable bonds is 4. The van der Waals surface area contributed by atoms with Crippen LogP contribution in [0.5, 0.6) is 0 Å². The Balaban J connectivity index is 1.78. The monoisotopic (exact) mass is 244 g/mol. The summed E-state index contributed by atoms with van der Waals surface area (Å²) < 4.78 is 0. The predicted octanol–water partition coefficient (Wildman–Crippen LogP) is 2.68. The maximum absolute atomic E-state index is 3.52. The molecule has 1 fully saturated rings. The molecular formula is C16H24N2. The molecule has 2 atom stereocenters. The highest BCUT2D eigenvalue weighted by molar-refractivity contribution is 5.55. The zero-order chi connectivity index (χ0) is 12.5. The third kappa shape index (κ3) is 2.39. The average Bonchev–Trinajstić information content (AvgIpc) is 3.19. The van der Waals surface area contributed by atoms with Gasteiger partial charge in [0.25, 0.3) is 0 Å². The van der Waals surface area contributed by atoms with Crippen molar-refractivity contribution in [3.8, 4) is 0 Å². The number of anilines is 1.